The summed E-state index contributed by atoms with van der Waals surface area (Å²) < 4.78 is 15.2. The molecule has 2 rings (SSSR count). The van der Waals surface area contributed by atoms with Gasteiger partial charge in [-0.2, -0.15) is 5.10 Å². The predicted molar refractivity (Wildman–Crippen MR) is 77.0 cm³/mol. The van der Waals surface area contributed by atoms with Gasteiger partial charge in [0.2, 0.25) is 0 Å². The Kier molecular flexibility index (Phi) is 4.49. The SMILES string of the molecule is CCNC(Cc1c(C)nn(C)c1C)c1cncc(F)c1. The largest absolute Gasteiger partial charge is 0.310 e. The molecule has 0 fully saturated rings. The van der Waals surface area contributed by atoms with Gasteiger partial charge in [-0.05, 0) is 44.0 Å². The Bertz CT molecular complexity index is 592. The predicted octanol–water partition coefficient (Wildman–Crippen LogP) is 2.46. The van der Waals surface area contributed by atoms with Crippen molar-refractivity contribution in [2.45, 2.75) is 33.2 Å². The molecule has 0 radical (unpaired) electrons. The summed E-state index contributed by atoms with van der Waals surface area (Å²) in [5.74, 6) is -0.301. The van der Waals surface area contributed by atoms with E-state index in [0.29, 0.717) is 0 Å². The molecule has 2 aromatic rings. The van der Waals surface area contributed by atoms with E-state index in [1.54, 1.807) is 12.3 Å². The molecule has 0 saturated carbocycles. The van der Waals surface area contributed by atoms with Crippen molar-refractivity contribution in [2.75, 3.05) is 6.54 Å². The lowest BCUT2D eigenvalue weighted by Crippen LogP contribution is -2.23. The molecule has 5 heteroatoms. The summed E-state index contributed by atoms with van der Waals surface area (Å²) in [5.41, 5.74) is 4.25. The molecule has 0 aliphatic rings. The molecule has 1 N–H and O–H groups in total. The Labute approximate surface area is 119 Å². The Morgan fingerprint density at radius 1 is 1.35 bits per heavy atom. The van der Waals surface area contributed by atoms with Crippen LogP contribution in [0.3, 0.4) is 0 Å². The van der Waals surface area contributed by atoms with Crippen LogP contribution < -0.4 is 5.32 Å². The molecule has 0 amide bonds. The third-order valence-electron chi connectivity index (χ3n) is 3.65. The molecule has 0 spiro atoms. The molecule has 0 aromatic carbocycles. The van der Waals surface area contributed by atoms with Crippen LogP contribution in [-0.2, 0) is 13.5 Å². The van der Waals surface area contributed by atoms with Gasteiger partial charge in [-0.15, -0.1) is 0 Å². The lowest BCUT2D eigenvalue weighted by molar-refractivity contribution is 0.537. The van der Waals surface area contributed by atoms with E-state index < -0.39 is 0 Å². The van der Waals surface area contributed by atoms with Crippen LogP contribution in [0, 0.1) is 19.7 Å². The zero-order valence-electron chi connectivity index (χ0n) is 12.4. The minimum Gasteiger partial charge on any atom is -0.310 e. The van der Waals surface area contributed by atoms with Gasteiger partial charge in [-0.3, -0.25) is 9.67 Å². The molecule has 0 bridgehead atoms. The van der Waals surface area contributed by atoms with Crippen LogP contribution in [0.15, 0.2) is 18.5 Å². The van der Waals surface area contributed by atoms with Crippen molar-refractivity contribution in [1.82, 2.24) is 20.1 Å². The van der Waals surface area contributed by atoms with Gasteiger partial charge in [-0.1, -0.05) is 6.92 Å². The van der Waals surface area contributed by atoms with Crippen molar-refractivity contribution in [3.63, 3.8) is 0 Å². The van der Waals surface area contributed by atoms with E-state index in [9.17, 15) is 4.39 Å². The van der Waals surface area contributed by atoms with Crippen molar-refractivity contribution >= 4 is 0 Å². The van der Waals surface area contributed by atoms with E-state index in [4.69, 9.17) is 0 Å². The first-order valence-electron chi connectivity index (χ1n) is 6.85. The van der Waals surface area contributed by atoms with E-state index in [-0.39, 0.29) is 11.9 Å². The molecule has 20 heavy (non-hydrogen) atoms. The Balaban J connectivity index is 2.30. The third kappa shape index (κ3) is 3.04. The fourth-order valence-electron chi connectivity index (χ4n) is 2.49. The first-order valence-corrected chi connectivity index (χ1v) is 6.85. The zero-order chi connectivity index (χ0) is 14.7. The van der Waals surface area contributed by atoms with Gasteiger partial charge in [0.05, 0.1) is 11.9 Å². The number of likely N-dealkylation sites (N-methyl/N-ethyl adjacent to an activating group) is 1. The first-order chi connectivity index (χ1) is 9.52. The van der Waals surface area contributed by atoms with E-state index in [2.05, 4.69) is 22.3 Å². The van der Waals surface area contributed by atoms with E-state index in [1.807, 2.05) is 25.6 Å². The average molecular weight is 276 g/mol. The number of aromatic nitrogens is 3. The number of halogens is 1. The summed E-state index contributed by atoms with van der Waals surface area (Å²) >= 11 is 0. The first kappa shape index (κ1) is 14.7. The number of rotatable bonds is 5. The van der Waals surface area contributed by atoms with Crippen LogP contribution in [0.4, 0.5) is 4.39 Å². The van der Waals surface area contributed by atoms with Crippen LogP contribution in [0.1, 0.15) is 35.5 Å². The Morgan fingerprint density at radius 2 is 2.10 bits per heavy atom. The fourth-order valence-corrected chi connectivity index (χ4v) is 2.49. The summed E-state index contributed by atoms with van der Waals surface area (Å²) in [7, 11) is 1.94. The summed E-state index contributed by atoms with van der Waals surface area (Å²) in [6, 6.07) is 1.59. The van der Waals surface area contributed by atoms with Gasteiger partial charge in [-0.25, -0.2) is 4.39 Å². The molecule has 2 aromatic heterocycles. The van der Waals surface area contributed by atoms with Crippen LogP contribution in [-0.4, -0.2) is 21.3 Å². The van der Waals surface area contributed by atoms with E-state index in [1.165, 1.54) is 11.8 Å². The normalized spacial score (nSPS) is 12.7. The van der Waals surface area contributed by atoms with Crippen LogP contribution in [0.2, 0.25) is 0 Å². The Morgan fingerprint density at radius 3 is 2.65 bits per heavy atom. The highest BCUT2D eigenvalue weighted by Crippen LogP contribution is 2.22. The molecule has 0 aliphatic carbocycles. The molecule has 1 atom stereocenters. The zero-order valence-corrected chi connectivity index (χ0v) is 12.4. The molecule has 1 unspecified atom stereocenters. The number of hydrogen-bond donors (Lipinski definition) is 1. The lowest BCUT2D eigenvalue weighted by Gasteiger charge is -2.18. The maximum absolute atomic E-state index is 13.4. The summed E-state index contributed by atoms with van der Waals surface area (Å²) in [5, 5.41) is 7.83. The second-order valence-electron chi connectivity index (χ2n) is 5.02. The van der Waals surface area contributed by atoms with E-state index in [0.717, 1.165) is 29.9 Å². The topological polar surface area (TPSA) is 42.7 Å². The third-order valence-corrected chi connectivity index (χ3v) is 3.65. The number of nitrogens with zero attached hydrogens (tertiary/aromatic N) is 3. The van der Waals surface area contributed by atoms with E-state index >= 15 is 0 Å². The monoisotopic (exact) mass is 276 g/mol. The molecular formula is C15H21FN4. The number of pyridine rings is 1. The van der Waals surface area contributed by atoms with Gasteiger partial charge >= 0.3 is 0 Å². The fraction of sp³-hybridized carbons (Fsp3) is 0.467. The quantitative estimate of drug-likeness (QED) is 0.912. The average Bonchev–Trinajstić information content (AvgIpc) is 2.64. The minimum atomic E-state index is -0.301. The van der Waals surface area contributed by atoms with Crippen molar-refractivity contribution < 1.29 is 4.39 Å². The van der Waals surface area contributed by atoms with Gasteiger partial charge in [0.25, 0.3) is 0 Å². The molecule has 2 heterocycles. The van der Waals surface area contributed by atoms with Gasteiger partial charge in [0.1, 0.15) is 5.82 Å². The van der Waals surface area contributed by atoms with Crippen LogP contribution in [0.5, 0.6) is 0 Å². The van der Waals surface area contributed by atoms with Crippen molar-refractivity contribution in [1.29, 1.82) is 0 Å². The number of nitrogens with one attached hydrogen (secondary N) is 1. The summed E-state index contributed by atoms with van der Waals surface area (Å²) in [4.78, 5) is 3.94. The van der Waals surface area contributed by atoms with Crippen molar-refractivity contribution in [3.8, 4) is 0 Å². The van der Waals surface area contributed by atoms with Crippen LogP contribution in [0.25, 0.3) is 0 Å². The second-order valence-corrected chi connectivity index (χ2v) is 5.02. The molecule has 4 nitrogen and oxygen atoms in total. The molecule has 108 valence electrons. The molecule has 0 saturated heterocycles. The summed E-state index contributed by atoms with van der Waals surface area (Å²) in [6.45, 7) is 6.93. The van der Waals surface area contributed by atoms with Crippen molar-refractivity contribution in [2.24, 2.45) is 7.05 Å². The molecule has 0 aliphatic heterocycles. The highest BCUT2D eigenvalue weighted by molar-refractivity contribution is 5.28. The lowest BCUT2D eigenvalue weighted by atomic mass is 9.99. The Hall–Kier alpha value is -1.75. The second kappa shape index (κ2) is 6.13. The smallest absolute Gasteiger partial charge is 0.141 e. The maximum Gasteiger partial charge on any atom is 0.141 e. The standard InChI is InChI=1S/C15H21FN4/c1-5-18-15(12-6-13(16)9-17-8-12)7-14-10(2)19-20(4)11(14)3/h6,8-9,15,18H,5,7H2,1-4H3. The minimum absolute atomic E-state index is 0.0461. The summed E-state index contributed by atoms with van der Waals surface area (Å²) in [6.07, 6.45) is 3.73. The highest BCUT2D eigenvalue weighted by Gasteiger charge is 2.17. The van der Waals surface area contributed by atoms with Crippen LogP contribution >= 0.6 is 0 Å². The maximum atomic E-state index is 13.4. The van der Waals surface area contributed by atoms with Gasteiger partial charge in [0, 0.05) is 25.0 Å². The molecular weight excluding hydrogens is 255 g/mol. The highest BCUT2D eigenvalue weighted by atomic mass is 19.1. The number of aryl methyl sites for hydroxylation is 2. The van der Waals surface area contributed by atoms with Gasteiger partial charge in [0.15, 0.2) is 0 Å². The van der Waals surface area contributed by atoms with Gasteiger partial charge < -0.3 is 5.32 Å². The van der Waals surface area contributed by atoms with Crippen molar-refractivity contribution in [3.05, 3.63) is 46.8 Å². The number of hydrogen-bond acceptors (Lipinski definition) is 3.